The van der Waals surface area contributed by atoms with Gasteiger partial charge < -0.3 is 14.8 Å². The van der Waals surface area contributed by atoms with Gasteiger partial charge in [-0.25, -0.2) is 0 Å². The Morgan fingerprint density at radius 3 is 2.18 bits per heavy atom. The fraction of sp³-hybridized carbons (Fsp3) is 0.250. The molecule has 0 atom stereocenters. The van der Waals surface area contributed by atoms with E-state index in [1.165, 1.54) is 0 Å². The van der Waals surface area contributed by atoms with Crippen LogP contribution in [-0.4, -0.2) is 19.8 Å². The lowest BCUT2D eigenvalue weighted by molar-refractivity contribution is -0.131. The van der Waals surface area contributed by atoms with Crippen molar-refractivity contribution < 1.29 is 22.6 Å². The molecule has 1 N–H and O–H groups in total. The van der Waals surface area contributed by atoms with E-state index in [-0.39, 0.29) is 6.54 Å². The first-order chi connectivity index (χ1) is 10.5. The Bertz CT molecular complexity index is 597. The average Bonchev–Trinajstić information content (AvgIpc) is 2.48. The smallest absolute Gasteiger partial charge is 0.390 e. The van der Waals surface area contributed by atoms with E-state index in [9.17, 15) is 13.2 Å². The summed E-state index contributed by atoms with van der Waals surface area (Å²) in [6.07, 6.45) is -5.02. The average molecular weight is 311 g/mol. The molecule has 0 heterocycles. The molecule has 0 unspecified atom stereocenters. The summed E-state index contributed by atoms with van der Waals surface area (Å²) < 4.78 is 47.1. The van der Waals surface area contributed by atoms with Crippen LogP contribution in [0.1, 0.15) is 6.42 Å². The minimum absolute atomic E-state index is 0.157. The minimum atomic E-state index is -4.15. The molecular weight excluding hydrogens is 295 g/mol. The van der Waals surface area contributed by atoms with E-state index >= 15 is 0 Å². The molecule has 22 heavy (non-hydrogen) atoms. The highest BCUT2D eigenvalue weighted by Gasteiger charge is 2.26. The number of alkyl halides is 3. The zero-order valence-corrected chi connectivity index (χ0v) is 12.0. The summed E-state index contributed by atoms with van der Waals surface area (Å²) in [6, 6.07) is 13.9. The molecule has 2 rings (SSSR count). The minimum Gasteiger partial charge on any atom is -0.493 e. The van der Waals surface area contributed by atoms with Crippen LogP contribution >= 0.6 is 0 Å². The second-order valence-corrected chi connectivity index (χ2v) is 4.57. The van der Waals surface area contributed by atoms with E-state index < -0.39 is 12.6 Å². The van der Waals surface area contributed by atoms with Gasteiger partial charge in [-0.15, -0.1) is 0 Å². The predicted molar refractivity (Wildman–Crippen MR) is 78.7 cm³/mol. The molecule has 3 nitrogen and oxygen atoms in total. The zero-order chi connectivity index (χ0) is 16.0. The molecule has 0 radical (unpaired) electrons. The number of hydrogen-bond donors (Lipinski definition) is 1. The molecular formula is C16H16F3NO2. The van der Waals surface area contributed by atoms with E-state index in [2.05, 4.69) is 5.32 Å². The first-order valence-electron chi connectivity index (χ1n) is 6.69. The third-order valence-corrected chi connectivity index (χ3v) is 2.89. The Hall–Kier alpha value is -2.37. The van der Waals surface area contributed by atoms with Crippen molar-refractivity contribution in [2.24, 2.45) is 0 Å². The summed E-state index contributed by atoms with van der Waals surface area (Å²) in [7, 11) is 1.55. The van der Waals surface area contributed by atoms with Crippen LogP contribution in [0.3, 0.4) is 0 Å². The number of anilines is 1. The number of halogens is 3. The highest BCUT2D eigenvalue weighted by molar-refractivity contribution is 5.48. The summed E-state index contributed by atoms with van der Waals surface area (Å²) in [5, 5.41) is 2.71. The molecule has 0 amide bonds. The molecule has 118 valence electrons. The summed E-state index contributed by atoms with van der Waals surface area (Å²) in [5.74, 6) is 1.75. The lowest BCUT2D eigenvalue weighted by atomic mass is 10.3. The first kappa shape index (κ1) is 16.0. The van der Waals surface area contributed by atoms with Gasteiger partial charge in [0.25, 0.3) is 0 Å². The van der Waals surface area contributed by atoms with Crippen molar-refractivity contribution in [1.29, 1.82) is 0 Å². The first-order valence-corrected chi connectivity index (χ1v) is 6.69. The van der Waals surface area contributed by atoms with Gasteiger partial charge in [-0.1, -0.05) is 12.1 Å². The number of benzene rings is 2. The lowest BCUT2D eigenvalue weighted by Gasteiger charge is -2.11. The maximum atomic E-state index is 12.1. The normalized spacial score (nSPS) is 11.1. The van der Waals surface area contributed by atoms with Gasteiger partial charge in [0, 0.05) is 12.2 Å². The number of methoxy groups -OCH3 is 1. The van der Waals surface area contributed by atoms with Crippen molar-refractivity contribution in [2.45, 2.75) is 12.6 Å². The highest BCUT2D eigenvalue weighted by Crippen LogP contribution is 2.31. The van der Waals surface area contributed by atoms with Crippen molar-refractivity contribution in [3.63, 3.8) is 0 Å². The number of nitrogens with one attached hydrogen (secondary N) is 1. The summed E-state index contributed by atoms with van der Waals surface area (Å²) in [5.41, 5.74) is 0.608. The fourth-order valence-electron chi connectivity index (χ4n) is 1.82. The number of rotatable bonds is 6. The Labute approximate surface area is 126 Å². The summed E-state index contributed by atoms with van der Waals surface area (Å²) in [6.45, 7) is -0.157. The van der Waals surface area contributed by atoms with Crippen LogP contribution < -0.4 is 14.8 Å². The molecule has 0 aromatic heterocycles. The topological polar surface area (TPSA) is 30.5 Å². The zero-order valence-electron chi connectivity index (χ0n) is 12.0. The van der Waals surface area contributed by atoms with Crippen LogP contribution in [0.15, 0.2) is 48.5 Å². The maximum absolute atomic E-state index is 12.1. The maximum Gasteiger partial charge on any atom is 0.390 e. The second kappa shape index (κ2) is 7.06. The van der Waals surface area contributed by atoms with Gasteiger partial charge >= 0.3 is 6.18 Å². The van der Waals surface area contributed by atoms with Crippen LogP contribution in [0.2, 0.25) is 0 Å². The Morgan fingerprint density at radius 2 is 1.59 bits per heavy atom. The van der Waals surface area contributed by atoms with Gasteiger partial charge in [0.2, 0.25) is 0 Å². The number of para-hydroxylation sites is 2. The van der Waals surface area contributed by atoms with E-state index in [1.54, 1.807) is 43.5 Å². The van der Waals surface area contributed by atoms with Gasteiger partial charge in [0.1, 0.15) is 5.75 Å². The van der Waals surface area contributed by atoms with E-state index in [0.717, 1.165) is 0 Å². The monoisotopic (exact) mass is 311 g/mol. The molecule has 0 aliphatic carbocycles. The summed E-state index contributed by atoms with van der Waals surface area (Å²) >= 11 is 0. The fourth-order valence-corrected chi connectivity index (χ4v) is 1.82. The molecule has 0 aliphatic heterocycles. The van der Waals surface area contributed by atoms with Crippen molar-refractivity contribution in [1.82, 2.24) is 0 Å². The largest absolute Gasteiger partial charge is 0.493 e. The molecule has 0 saturated heterocycles. The van der Waals surface area contributed by atoms with Crippen molar-refractivity contribution in [3.05, 3.63) is 48.5 Å². The number of ether oxygens (including phenoxy) is 2. The van der Waals surface area contributed by atoms with Gasteiger partial charge in [0.15, 0.2) is 11.5 Å². The van der Waals surface area contributed by atoms with Crippen molar-refractivity contribution in [3.8, 4) is 17.2 Å². The molecule has 0 saturated carbocycles. The van der Waals surface area contributed by atoms with Crippen LogP contribution in [0.4, 0.5) is 18.9 Å². The molecule has 0 aliphatic rings. The van der Waals surface area contributed by atoms with E-state index in [0.29, 0.717) is 22.9 Å². The van der Waals surface area contributed by atoms with E-state index in [1.807, 2.05) is 12.1 Å². The molecule has 2 aromatic rings. The molecule has 0 bridgehead atoms. The predicted octanol–water partition coefficient (Wildman–Crippen LogP) is 4.85. The molecule has 0 fully saturated rings. The molecule has 0 spiro atoms. The molecule has 2 aromatic carbocycles. The summed E-state index contributed by atoms with van der Waals surface area (Å²) in [4.78, 5) is 0. The Balaban J connectivity index is 1.94. The van der Waals surface area contributed by atoms with Gasteiger partial charge in [0.05, 0.1) is 13.5 Å². The van der Waals surface area contributed by atoms with Crippen molar-refractivity contribution >= 4 is 5.69 Å². The Kier molecular flexibility index (Phi) is 5.14. The Morgan fingerprint density at radius 1 is 0.955 bits per heavy atom. The molecule has 6 heteroatoms. The lowest BCUT2D eigenvalue weighted by Crippen LogP contribution is -2.14. The SMILES string of the molecule is COc1ccccc1Oc1ccc(NCCC(F)(F)F)cc1. The quantitative estimate of drug-likeness (QED) is 0.827. The third-order valence-electron chi connectivity index (χ3n) is 2.89. The van der Waals surface area contributed by atoms with Gasteiger partial charge in [-0.3, -0.25) is 0 Å². The van der Waals surface area contributed by atoms with Gasteiger partial charge in [-0.2, -0.15) is 13.2 Å². The van der Waals surface area contributed by atoms with Crippen LogP contribution in [0.5, 0.6) is 17.2 Å². The third kappa shape index (κ3) is 4.87. The van der Waals surface area contributed by atoms with Crippen LogP contribution in [0.25, 0.3) is 0 Å². The highest BCUT2D eigenvalue weighted by atomic mass is 19.4. The second-order valence-electron chi connectivity index (χ2n) is 4.57. The number of hydrogen-bond acceptors (Lipinski definition) is 3. The van der Waals surface area contributed by atoms with E-state index in [4.69, 9.17) is 9.47 Å². The van der Waals surface area contributed by atoms with Crippen LogP contribution in [-0.2, 0) is 0 Å². The van der Waals surface area contributed by atoms with Crippen molar-refractivity contribution in [2.75, 3.05) is 19.0 Å². The standard InChI is InChI=1S/C16H16F3NO2/c1-21-14-4-2-3-5-15(14)22-13-8-6-12(7-9-13)20-11-10-16(17,18)19/h2-9,20H,10-11H2,1H3. The van der Waals surface area contributed by atoms with Gasteiger partial charge in [-0.05, 0) is 36.4 Å². The van der Waals surface area contributed by atoms with Crippen LogP contribution in [0, 0.1) is 0 Å².